The van der Waals surface area contributed by atoms with Gasteiger partial charge >= 0.3 is 0 Å². The van der Waals surface area contributed by atoms with Crippen LogP contribution in [0.3, 0.4) is 0 Å². The molecule has 0 saturated carbocycles. The number of nitrogens with two attached hydrogens (primary N) is 1. The van der Waals surface area contributed by atoms with Crippen LogP contribution in [-0.4, -0.2) is 13.7 Å². The van der Waals surface area contributed by atoms with Gasteiger partial charge in [-0.2, -0.15) is 0 Å². The second kappa shape index (κ2) is 5.73. The molecular weight excluding hydrogens is 162 g/mol. The minimum Gasteiger partial charge on any atom is -0.380 e. The lowest BCUT2D eigenvalue weighted by molar-refractivity contribution is 0.185. The van der Waals surface area contributed by atoms with E-state index in [4.69, 9.17) is 10.5 Å². The van der Waals surface area contributed by atoms with Gasteiger partial charge in [0.2, 0.25) is 0 Å². The highest BCUT2D eigenvalue weighted by Crippen LogP contribution is 2.06. The number of aryl methyl sites for hydroxylation is 1. The SMILES string of the molecule is COCc1ccc(CCCN)cc1. The molecule has 1 aromatic carbocycles. The summed E-state index contributed by atoms with van der Waals surface area (Å²) < 4.78 is 5.03. The molecule has 0 aromatic heterocycles. The summed E-state index contributed by atoms with van der Waals surface area (Å²) in [5, 5.41) is 0. The number of ether oxygens (including phenoxy) is 1. The maximum absolute atomic E-state index is 5.43. The fraction of sp³-hybridized carbons (Fsp3) is 0.455. The van der Waals surface area contributed by atoms with Crippen molar-refractivity contribution < 1.29 is 4.74 Å². The number of rotatable bonds is 5. The van der Waals surface area contributed by atoms with Gasteiger partial charge in [-0.25, -0.2) is 0 Å². The summed E-state index contributed by atoms with van der Waals surface area (Å²) in [6.07, 6.45) is 2.13. The molecule has 0 unspecified atom stereocenters. The van der Waals surface area contributed by atoms with Crippen molar-refractivity contribution in [1.29, 1.82) is 0 Å². The number of benzene rings is 1. The fourth-order valence-corrected chi connectivity index (χ4v) is 1.28. The van der Waals surface area contributed by atoms with Crippen LogP contribution in [0.1, 0.15) is 17.5 Å². The summed E-state index contributed by atoms with van der Waals surface area (Å²) >= 11 is 0. The van der Waals surface area contributed by atoms with Gasteiger partial charge in [0.25, 0.3) is 0 Å². The van der Waals surface area contributed by atoms with Gasteiger partial charge in [0, 0.05) is 7.11 Å². The predicted octanol–water partition coefficient (Wildman–Crippen LogP) is 1.72. The van der Waals surface area contributed by atoms with E-state index in [9.17, 15) is 0 Å². The average Bonchev–Trinajstić information content (AvgIpc) is 2.17. The molecule has 0 spiro atoms. The van der Waals surface area contributed by atoms with Gasteiger partial charge in [0.1, 0.15) is 0 Å². The van der Waals surface area contributed by atoms with Crippen LogP contribution >= 0.6 is 0 Å². The van der Waals surface area contributed by atoms with E-state index < -0.39 is 0 Å². The molecule has 2 N–H and O–H groups in total. The number of hydrogen-bond donors (Lipinski definition) is 1. The third-order valence-electron chi connectivity index (χ3n) is 2.00. The highest BCUT2D eigenvalue weighted by molar-refractivity contribution is 5.22. The third-order valence-corrected chi connectivity index (χ3v) is 2.00. The minimum atomic E-state index is 0.692. The molecule has 13 heavy (non-hydrogen) atoms. The Kier molecular flexibility index (Phi) is 4.50. The molecule has 1 aromatic rings. The Bertz CT molecular complexity index is 230. The van der Waals surface area contributed by atoms with Gasteiger partial charge in [-0.1, -0.05) is 24.3 Å². The van der Waals surface area contributed by atoms with Crippen molar-refractivity contribution in [2.75, 3.05) is 13.7 Å². The molecule has 2 heteroatoms. The van der Waals surface area contributed by atoms with E-state index in [0.717, 1.165) is 19.4 Å². The van der Waals surface area contributed by atoms with E-state index in [1.165, 1.54) is 11.1 Å². The van der Waals surface area contributed by atoms with Crippen molar-refractivity contribution in [1.82, 2.24) is 0 Å². The highest BCUT2D eigenvalue weighted by atomic mass is 16.5. The molecule has 0 aliphatic carbocycles. The quantitative estimate of drug-likeness (QED) is 0.747. The van der Waals surface area contributed by atoms with Crippen molar-refractivity contribution in [3.05, 3.63) is 35.4 Å². The minimum absolute atomic E-state index is 0.692. The summed E-state index contributed by atoms with van der Waals surface area (Å²) in [5.41, 5.74) is 8.01. The van der Waals surface area contributed by atoms with E-state index in [1.807, 2.05) is 0 Å². The molecule has 0 bridgehead atoms. The van der Waals surface area contributed by atoms with Crippen LogP contribution in [0.15, 0.2) is 24.3 Å². The van der Waals surface area contributed by atoms with Crippen molar-refractivity contribution in [2.45, 2.75) is 19.4 Å². The van der Waals surface area contributed by atoms with Crippen LogP contribution in [0.5, 0.6) is 0 Å². The van der Waals surface area contributed by atoms with E-state index in [-0.39, 0.29) is 0 Å². The standard InChI is InChI=1S/C11H17NO/c1-13-9-11-6-4-10(5-7-11)3-2-8-12/h4-7H,2-3,8-9,12H2,1H3. The van der Waals surface area contributed by atoms with Crippen molar-refractivity contribution in [3.8, 4) is 0 Å². The first-order valence-corrected chi connectivity index (χ1v) is 4.63. The first kappa shape index (κ1) is 10.2. The second-order valence-electron chi connectivity index (χ2n) is 3.14. The molecule has 2 nitrogen and oxygen atoms in total. The van der Waals surface area contributed by atoms with Gasteiger partial charge < -0.3 is 10.5 Å². The van der Waals surface area contributed by atoms with Crippen molar-refractivity contribution in [2.24, 2.45) is 5.73 Å². The largest absolute Gasteiger partial charge is 0.380 e. The van der Waals surface area contributed by atoms with Gasteiger partial charge in [-0.3, -0.25) is 0 Å². The monoisotopic (exact) mass is 179 g/mol. The molecular formula is C11H17NO. The van der Waals surface area contributed by atoms with Gasteiger partial charge in [0.05, 0.1) is 6.61 Å². The smallest absolute Gasteiger partial charge is 0.0713 e. The van der Waals surface area contributed by atoms with E-state index in [0.29, 0.717) is 6.61 Å². The topological polar surface area (TPSA) is 35.2 Å². The summed E-state index contributed by atoms with van der Waals surface area (Å²) in [5.74, 6) is 0. The Morgan fingerprint density at radius 3 is 2.31 bits per heavy atom. The Morgan fingerprint density at radius 2 is 1.77 bits per heavy atom. The second-order valence-corrected chi connectivity index (χ2v) is 3.14. The van der Waals surface area contributed by atoms with Crippen LogP contribution in [0.2, 0.25) is 0 Å². The molecule has 0 aliphatic rings. The zero-order valence-electron chi connectivity index (χ0n) is 8.12. The first-order valence-electron chi connectivity index (χ1n) is 4.63. The molecule has 72 valence electrons. The summed E-state index contributed by atoms with van der Waals surface area (Å²) in [4.78, 5) is 0. The van der Waals surface area contributed by atoms with Gasteiger partial charge in [-0.05, 0) is 30.5 Å². The predicted molar refractivity (Wildman–Crippen MR) is 54.5 cm³/mol. The molecule has 0 atom stereocenters. The van der Waals surface area contributed by atoms with Crippen molar-refractivity contribution in [3.63, 3.8) is 0 Å². The molecule has 0 fully saturated rings. The van der Waals surface area contributed by atoms with Crippen LogP contribution in [-0.2, 0) is 17.8 Å². The van der Waals surface area contributed by atoms with Gasteiger partial charge in [0.15, 0.2) is 0 Å². The molecule has 0 aliphatic heterocycles. The molecule has 0 amide bonds. The Hall–Kier alpha value is -0.860. The lowest BCUT2D eigenvalue weighted by Gasteiger charge is -2.02. The summed E-state index contributed by atoms with van der Waals surface area (Å²) in [6, 6.07) is 8.50. The average molecular weight is 179 g/mol. The van der Waals surface area contributed by atoms with E-state index >= 15 is 0 Å². The van der Waals surface area contributed by atoms with Crippen LogP contribution in [0.25, 0.3) is 0 Å². The Morgan fingerprint density at radius 1 is 1.15 bits per heavy atom. The zero-order chi connectivity index (χ0) is 9.52. The van der Waals surface area contributed by atoms with Crippen LogP contribution < -0.4 is 5.73 Å². The maximum Gasteiger partial charge on any atom is 0.0713 e. The number of methoxy groups -OCH3 is 1. The molecule has 1 rings (SSSR count). The zero-order valence-corrected chi connectivity index (χ0v) is 8.12. The Balaban J connectivity index is 2.48. The summed E-state index contributed by atoms with van der Waals surface area (Å²) in [6.45, 7) is 1.46. The van der Waals surface area contributed by atoms with Crippen LogP contribution in [0.4, 0.5) is 0 Å². The fourth-order valence-electron chi connectivity index (χ4n) is 1.28. The van der Waals surface area contributed by atoms with E-state index in [2.05, 4.69) is 24.3 Å². The summed E-state index contributed by atoms with van der Waals surface area (Å²) in [7, 11) is 1.71. The lowest BCUT2D eigenvalue weighted by atomic mass is 10.1. The molecule has 0 heterocycles. The van der Waals surface area contributed by atoms with Crippen molar-refractivity contribution >= 4 is 0 Å². The lowest BCUT2D eigenvalue weighted by Crippen LogP contribution is -2.00. The molecule has 0 saturated heterocycles. The normalized spacial score (nSPS) is 10.3. The first-order chi connectivity index (χ1) is 6.36. The van der Waals surface area contributed by atoms with Gasteiger partial charge in [-0.15, -0.1) is 0 Å². The molecule has 0 radical (unpaired) electrons. The highest BCUT2D eigenvalue weighted by Gasteiger charge is 1.93. The Labute approximate surface area is 79.7 Å². The number of hydrogen-bond acceptors (Lipinski definition) is 2. The third kappa shape index (κ3) is 3.57. The van der Waals surface area contributed by atoms with Crippen LogP contribution in [0, 0.1) is 0 Å². The van der Waals surface area contributed by atoms with E-state index in [1.54, 1.807) is 7.11 Å². The maximum atomic E-state index is 5.43.